The predicted molar refractivity (Wildman–Crippen MR) is 113 cm³/mol. The Morgan fingerprint density at radius 1 is 1.04 bits per heavy atom. The fourth-order valence-electron chi connectivity index (χ4n) is 3.30. The maximum atomic E-state index is 6.12. The van der Waals surface area contributed by atoms with Crippen molar-refractivity contribution in [3.8, 4) is 11.4 Å². The minimum absolute atomic E-state index is 0.651. The molecule has 8 heteroatoms. The first-order valence-corrected chi connectivity index (χ1v) is 9.32. The number of rotatable bonds is 3. The number of aryl methyl sites for hydroxylation is 1. The van der Waals surface area contributed by atoms with E-state index in [0.717, 1.165) is 39.1 Å². The molecule has 28 heavy (non-hydrogen) atoms. The molecule has 0 spiro atoms. The summed E-state index contributed by atoms with van der Waals surface area (Å²) in [5.41, 5.74) is 4.26. The second-order valence-electron chi connectivity index (χ2n) is 6.46. The molecule has 0 unspecified atom stereocenters. The molecule has 0 amide bonds. The number of anilines is 2. The summed E-state index contributed by atoms with van der Waals surface area (Å²) >= 11 is 12.2. The molecule has 0 aliphatic carbocycles. The Balaban J connectivity index is 1.70. The van der Waals surface area contributed by atoms with Crippen molar-refractivity contribution in [2.24, 2.45) is 7.05 Å². The summed E-state index contributed by atoms with van der Waals surface area (Å²) in [6.45, 7) is 0. The molecule has 0 radical (unpaired) electrons. The van der Waals surface area contributed by atoms with Crippen LogP contribution in [0.4, 0.5) is 11.5 Å². The van der Waals surface area contributed by atoms with E-state index >= 15 is 0 Å². The van der Waals surface area contributed by atoms with Gasteiger partial charge < -0.3 is 14.9 Å². The van der Waals surface area contributed by atoms with E-state index in [1.165, 1.54) is 6.33 Å². The van der Waals surface area contributed by atoms with Gasteiger partial charge in [0.15, 0.2) is 0 Å². The first-order valence-electron chi connectivity index (χ1n) is 8.57. The smallest absolute Gasteiger partial charge is 0.145 e. The number of nitrogens with zero attached hydrogens (tertiary/aromatic N) is 4. The van der Waals surface area contributed by atoms with Gasteiger partial charge in [-0.25, -0.2) is 15.0 Å². The summed E-state index contributed by atoms with van der Waals surface area (Å²) in [4.78, 5) is 17.0. The molecule has 138 valence electrons. The molecule has 0 fully saturated rings. The molecule has 0 atom stereocenters. The van der Waals surface area contributed by atoms with Crippen molar-refractivity contribution < 1.29 is 0 Å². The summed E-state index contributed by atoms with van der Waals surface area (Å²) in [6.07, 6.45) is 3.53. The zero-order valence-electron chi connectivity index (χ0n) is 14.7. The normalized spacial score (nSPS) is 11.4. The molecule has 0 aliphatic rings. The zero-order chi connectivity index (χ0) is 19.3. The lowest BCUT2D eigenvalue weighted by atomic mass is 10.2. The molecule has 3 heterocycles. The highest BCUT2D eigenvalue weighted by molar-refractivity contribution is 6.31. The Morgan fingerprint density at radius 2 is 1.89 bits per heavy atom. The van der Waals surface area contributed by atoms with E-state index in [-0.39, 0.29) is 0 Å². The number of aromatic amines is 1. The SMILES string of the molecule is Cn1cc(-c2nc3ccc(Cl)cc3[nH]2)c2c(Nc3cccc(Cl)c3)ncnc21. The maximum Gasteiger partial charge on any atom is 0.145 e. The lowest BCUT2D eigenvalue weighted by Crippen LogP contribution is -1.97. The van der Waals surface area contributed by atoms with Gasteiger partial charge in [0.05, 0.1) is 16.4 Å². The van der Waals surface area contributed by atoms with Crippen LogP contribution in [0.1, 0.15) is 0 Å². The number of imidazole rings is 1. The number of nitrogens with one attached hydrogen (secondary N) is 2. The van der Waals surface area contributed by atoms with Crippen molar-refractivity contribution >= 4 is 56.8 Å². The number of halogens is 2. The summed E-state index contributed by atoms with van der Waals surface area (Å²) in [5.74, 6) is 1.41. The van der Waals surface area contributed by atoms with E-state index in [9.17, 15) is 0 Å². The first kappa shape index (κ1) is 17.0. The number of fused-ring (bicyclic) bond motifs is 2. The molecule has 0 saturated carbocycles. The van der Waals surface area contributed by atoms with E-state index in [2.05, 4.69) is 20.3 Å². The van der Waals surface area contributed by atoms with Crippen LogP contribution in [0.15, 0.2) is 55.0 Å². The lowest BCUT2D eigenvalue weighted by Gasteiger charge is -2.08. The Kier molecular flexibility index (Phi) is 3.96. The van der Waals surface area contributed by atoms with Gasteiger partial charge in [0, 0.05) is 34.5 Å². The van der Waals surface area contributed by atoms with Crippen molar-refractivity contribution in [2.75, 3.05) is 5.32 Å². The average molecular weight is 409 g/mol. The largest absolute Gasteiger partial charge is 0.340 e. The van der Waals surface area contributed by atoms with Crippen LogP contribution < -0.4 is 5.32 Å². The maximum absolute atomic E-state index is 6.12. The van der Waals surface area contributed by atoms with Gasteiger partial charge in [0.1, 0.15) is 23.6 Å². The number of aromatic nitrogens is 5. The third-order valence-corrected chi connectivity index (χ3v) is 5.01. The fourth-order valence-corrected chi connectivity index (χ4v) is 3.66. The topological polar surface area (TPSA) is 71.4 Å². The van der Waals surface area contributed by atoms with Gasteiger partial charge in [-0.1, -0.05) is 29.3 Å². The quantitative estimate of drug-likeness (QED) is 0.409. The molecular formula is C20H14Cl2N6. The van der Waals surface area contributed by atoms with E-state index in [0.29, 0.717) is 15.9 Å². The highest BCUT2D eigenvalue weighted by atomic mass is 35.5. The van der Waals surface area contributed by atoms with E-state index in [4.69, 9.17) is 28.2 Å². The molecule has 0 bridgehead atoms. The van der Waals surface area contributed by atoms with E-state index < -0.39 is 0 Å². The van der Waals surface area contributed by atoms with Crippen LogP contribution in [0, 0.1) is 0 Å². The lowest BCUT2D eigenvalue weighted by molar-refractivity contribution is 0.944. The minimum Gasteiger partial charge on any atom is -0.340 e. The second-order valence-corrected chi connectivity index (χ2v) is 7.33. The number of H-pyrrole nitrogens is 1. The molecule has 6 nitrogen and oxygen atoms in total. The Morgan fingerprint density at radius 3 is 2.75 bits per heavy atom. The third-order valence-electron chi connectivity index (χ3n) is 4.54. The summed E-state index contributed by atoms with van der Waals surface area (Å²) in [6, 6.07) is 13.1. The summed E-state index contributed by atoms with van der Waals surface area (Å²) < 4.78 is 1.95. The van der Waals surface area contributed by atoms with Gasteiger partial charge in [-0.2, -0.15) is 0 Å². The average Bonchev–Trinajstić information content (AvgIpc) is 3.23. The molecule has 2 aromatic carbocycles. The summed E-state index contributed by atoms with van der Waals surface area (Å²) in [5, 5.41) is 5.52. The standard InChI is InChI=1S/C20H14Cl2N6/c1-28-9-14(18-26-15-6-5-12(22)8-16(15)27-18)17-19(23-10-24-20(17)28)25-13-4-2-3-11(21)7-13/h2-10H,1H3,(H,26,27)(H,23,24,25). The van der Waals surface area contributed by atoms with Gasteiger partial charge in [-0.15, -0.1) is 0 Å². The van der Waals surface area contributed by atoms with Crippen LogP contribution in [0.25, 0.3) is 33.5 Å². The molecule has 5 rings (SSSR count). The Bertz CT molecular complexity index is 1340. The van der Waals surface area contributed by atoms with Crippen LogP contribution in [0.5, 0.6) is 0 Å². The van der Waals surface area contributed by atoms with Gasteiger partial charge >= 0.3 is 0 Å². The monoisotopic (exact) mass is 408 g/mol. The third kappa shape index (κ3) is 2.87. The van der Waals surface area contributed by atoms with Crippen molar-refractivity contribution in [1.82, 2.24) is 24.5 Å². The molecular weight excluding hydrogens is 395 g/mol. The molecule has 0 aliphatic heterocycles. The van der Waals surface area contributed by atoms with Gasteiger partial charge in [-0.3, -0.25) is 0 Å². The van der Waals surface area contributed by atoms with Crippen LogP contribution in [-0.2, 0) is 7.05 Å². The van der Waals surface area contributed by atoms with Crippen LogP contribution in [0.2, 0.25) is 10.0 Å². The molecule has 5 aromatic rings. The van der Waals surface area contributed by atoms with E-state index in [1.807, 2.05) is 60.3 Å². The van der Waals surface area contributed by atoms with Crippen LogP contribution in [-0.4, -0.2) is 24.5 Å². The van der Waals surface area contributed by atoms with Crippen LogP contribution in [0.3, 0.4) is 0 Å². The fraction of sp³-hybridized carbons (Fsp3) is 0.0500. The van der Waals surface area contributed by atoms with E-state index in [1.54, 1.807) is 0 Å². The zero-order valence-corrected chi connectivity index (χ0v) is 16.3. The summed E-state index contributed by atoms with van der Waals surface area (Å²) in [7, 11) is 1.95. The van der Waals surface area contributed by atoms with Crippen molar-refractivity contribution in [1.29, 1.82) is 0 Å². The number of hydrogen-bond donors (Lipinski definition) is 2. The Hall–Kier alpha value is -3.09. The predicted octanol–water partition coefficient (Wildman–Crippen LogP) is 5.56. The highest BCUT2D eigenvalue weighted by Crippen LogP contribution is 2.34. The van der Waals surface area contributed by atoms with Crippen molar-refractivity contribution in [2.45, 2.75) is 0 Å². The van der Waals surface area contributed by atoms with Crippen LogP contribution >= 0.6 is 23.2 Å². The molecule has 0 saturated heterocycles. The van der Waals surface area contributed by atoms with Gasteiger partial charge in [0.2, 0.25) is 0 Å². The van der Waals surface area contributed by atoms with Gasteiger partial charge in [0.25, 0.3) is 0 Å². The minimum atomic E-state index is 0.651. The van der Waals surface area contributed by atoms with Gasteiger partial charge in [-0.05, 0) is 36.4 Å². The number of hydrogen-bond acceptors (Lipinski definition) is 4. The second kappa shape index (κ2) is 6.51. The first-order chi connectivity index (χ1) is 13.6. The van der Waals surface area contributed by atoms with Crippen molar-refractivity contribution in [3.63, 3.8) is 0 Å². The van der Waals surface area contributed by atoms with Crippen molar-refractivity contribution in [3.05, 3.63) is 65.0 Å². The molecule has 2 N–H and O–H groups in total. The Labute approximate surface area is 170 Å². The molecule has 3 aromatic heterocycles. The highest BCUT2D eigenvalue weighted by Gasteiger charge is 2.18. The number of benzene rings is 2.